The van der Waals surface area contributed by atoms with Crippen LogP contribution in [0.25, 0.3) is 0 Å². The van der Waals surface area contributed by atoms with Gasteiger partial charge in [-0.25, -0.2) is 0 Å². The maximum atomic E-state index is 6.01. The van der Waals surface area contributed by atoms with Gasteiger partial charge in [-0.05, 0) is 106 Å². The topological polar surface area (TPSA) is 9.23 Å². The highest BCUT2D eigenvalue weighted by Crippen LogP contribution is 2.39. The Morgan fingerprint density at radius 1 is 0.938 bits per heavy atom. The standard InChI is InChI=1S/C31H48O/c1-4-7-23-32-31-22-21-29(24-30(31)10-5-2)28-19-17-27(18-20-28)12-9-8-11-26-15-13-25(6-3)14-16-26/h4,6-7,21-22,24-28H,3,5,8-20,23H2,1-2H3. The van der Waals surface area contributed by atoms with E-state index in [1.807, 2.05) is 6.92 Å². The molecule has 0 aliphatic heterocycles. The van der Waals surface area contributed by atoms with Gasteiger partial charge in [-0.3, -0.25) is 0 Å². The van der Waals surface area contributed by atoms with Crippen molar-refractivity contribution in [2.75, 3.05) is 6.61 Å². The highest BCUT2D eigenvalue weighted by Gasteiger charge is 2.23. The minimum Gasteiger partial charge on any atom is -0.489 e. The van der Waals surface area contributed by atoms with Gasteiger partial charge in [-0.2, -0.15) is 0 Å². The molecule has 2 aliphatic rings. The number of hydrogen-bond acceptors (Lipinski definition) is 1. The summed E-state index contributed by atoms with van der Waals surface area (Å²) in [6.45, 7) is 8.97. The molecule has 1 heteroatoms. The van der Waals surface area contributed by atoms with Crippen molar-refractivity contribution in [3.05, 3.63) is 54.1 Å². The van der Waals surface area contributed by atoms with Gasteiger partial charge in [0, 0.05) is 0 Å². The Balaban J connectivity index is 1.38. The van der Waals surface area contributed by atoms with E-state index in [1.54, 1.807) is 5.56 Å². The van der Waals surface area contributed by atoms with Gasteiger partial charge in [0.25, 0.3) is 0 Å². The molecule has 0 saturated heterocycles. The number of unbranched alkanes of at least 4 members (excludes halogenated alkanes) is 1. The molecule has 0 amide bonds. The molecule has 2 aliphatic carbocycles. The van der Waals surface area contributed by atoms with Crippen molar-refractivity contribution < 1.29 is 4.74 Å². The van der Waals surface area contributed by atoms with E-state index in [4.69, 9.17) is 4.74 Å². The van der Waals surface area contributed by atoms with Crippen LogP contribution in [0.1, 0.15) is 114 Å². The Kier molecular flexibility index (Phi) is 10.9. The van der Waals surface area contributed by atoms with Crippen LogP contribution in [0.5, 0.6) is 5.75 Å². The number of rotatable bonds is 12. The monoisotopic (exact) mass is 436 g/mol. The lowest BCUT2D eigenvalue weighted by Gasteiger charge is -2.30. The van der Waals surface area contributed by atoms with Gasteiger partial charge < -0.3 is 4.74 Å². The molecule has 0 aromatic heterocycles. The van der Waals surface area contributed by atoms with Crippen LogP contribution in [-0.4, -0.2) is 6.61 Å². The third-order valence-electron chi connectivity index (χ3n) is 8.19. The van der Waals surface area contributed by atoms with Crippen molar-refractivity contribution in [2.45, 2.75) is 110 Å². The van der Waals surface area contributed by atoms with Crippen molar-refractivity contribution >= 4 is 0 Å². The first-order valence-electron chi connectivity index (χ1n) is 13.7. The highest BCUT2D eigenvalue weighted by molar-refractivity contribution is 5.39. The molecule has 0 radical (unpaired) electrons. The number of allylic oxidation sites excluding steroid dienone is 2. The first-order valence-corrected chi connectivity index (χ1v) is 13.7. The Hall–Kier alpha value is -1.50. The summed E-state index contributed by atoms with van der Waals surface area (Å²) in [7, 11) is 0. The molecule has 0 spiro atoms. The Bertz CT molecular complexity index is 686. The summed E-state index contributed by atoms with van der Waals surface area (Å²) in [6.07, 6.45) is 25.7. The van der Waals surface area contributed by atoms with Crippen LogP contribution >= 0.6 is 0 Å². The normalized spacial score (nSPS) is 26.3. The fourth-order valence-electron chi connectivity index (χ4n) is 6.06. The van der Waals surface area contributed by atoms with Crippen molar-refractivity contribution in [3.63, 3.8) is 0 Å². The zero-order valence-corrected chi connectivity index (χ0v) is 21.0. The molecule has 1 aromatic rings. The average Bonchev–Trinajstić information content (AvgIpc) is 2.84. The minimum atomic E-state index is 0.674. The minimum absolute atomic E-state index is 0.674. The van der Waals surface area contributed by atoms with Crippen LogP contribution < -0.4 is 4.74 Å². The predicted octanol–water partition coefficient (Wildman–Crippen LogP) is 9.42. The third kappa shape index (κ3) is 7.82. The molecule has 3 rings (SSSR count). The van der Waals surface area contributed by atoms with Gasteiger partial charge in [0.15, 0.2) is 0 Å². The van der Waals surface area contributed by atoms with Crippen molar-refractivity contribution in [1.29, 1.82) is 0 Å². The Morgan fingerprint density at radius 3 is 2.19 bits per heavy atom. The van der Waals surface area contributed by atoms with E-state index < -0.39 is 0 Å². The van der Waals surface area contributed by atoms with Crippen LogP contribution in [0.3, 0.4) is 0 Å². The molecule has 32 heavy (non-hydrogen) atoms. The second kappa shape index (κ2) is 13.9. The van der Waals surface area contributed by atoms with E-state index in [1.165, 1.54) is 89.0 Å². The van der Waals surface area contributed by atoms with Gasteiger partial charge in [0.05, 0.1) is 0 Å². The smallest absolute Gasteiger partial charge is 0.122 e. The lowest BCUT2D eigenvalue weighted by Crippen LogP contribution is -2.14. The lowest BCUT2D eigenvalue weighted by atomic mass is 9.76. The fraction of sp³-hybridized carbons (Fsp3) is 0.677. The fourth-order valence-corrected chi connectivity index (χ4v) is 6.06. The molecular weight excluding hydrogens is 388 g/mol. The number of hydrogen-bond donors (Lipinski definition) is 0. The van der Waals surface area contributed by atoms with E-state index in [9.17, 15) is 0 Å². The molecule has 0 unspecified atom stereocenters. The van der Waals surface area contributed by atoms with Gasteiger partial charge in [-0.15, -0.1) is 6.58 Å². The van der Waals surface area contributed by atoms with Gasteiger partial charge in [0.1, 0.15) is 12.4 Å². The largest absolute Gasteiger partial charge is 0.489 e. The van der Waals surface area contributed by atoms with E-state index >= 15 is 0 Å². The second-order valence-electron chi connectivity index (χ2n) is 10.5. The van der Waals surface area contributed by atoms with Crippen molar-refractivity contribution in [2.24, 2.45) is 17.8 Å². The molecule has 0 atom stereocenters. The Labute approximate surface area is 198 Å². The van der Waals surface area contributed by atoms with Crippen LogP contribution in [-0.2, 0) is 6.42 Å². The van der Waals surface area contributed by atoms with E-state index in [2.05, 4.69) is 49.9 Å². The van der Waals surface area contributed by atoms with Crippen LogP contribution in [0.4, 0.5) is 0 Å². The summed E-state index contributed by atoms with van der Waals surface area (Å²) in [5.74, 6) is 4.62. The molecule has 178 valence electrons. The third-order valence-corrected chi connectivity index (χ3v) is 8.19. The first-order chi connectivity index (χ1) is 15.7. The molecule has 2 fully saturated rings. The summed E-state index contributed by atoms with van der Waals surface area (Å²) in [5.41, 5.74) is 2.96. The summed E-state index contributed by atoms with van der Waals surface area (Å²) in [4.78, 5) is 0. The zero-order chi connectivity index (χ0) is 22.6. The van der Waals surface area contributed by atoms with E-state index in [0.717, 1.165) is 35.8 Å². The van der Waals surface area contributed by atoms with Crippen molar-refractivity contribution in [1.82, 2.24) is 0 Å². The predicted molar refractivity (Wildman–Crippen MR) is 140 cm³/mol. The molecule has 0 bridgehead atoms. The first kappa shape index (κ1) is 25.1. The quantitative estimate of drug-likeness (QED) is 0.234. The van der Waals surface area contributed by atoms with Crippen LogP contribution in [0.15, 0.2) is 43.0 Å². The second-order valence-corrected chi connectivity index (χ2v) is 10.5. The maximum absolute atomic E-state index is 6.01. The van der Waals surface area contributed by atoms with E-state index in [0.29, 0.717) is 6.61 Å². The molecule has 1 nitrogen and oxygen atoms in total. The SMILES string of the molecule is C=CC1CCC(CCCCC2CCC(c3ccc(OCC=CC)c(CCC)c3)CC2)CC1. The van der Waals surface area contributed by atoms with Crippen LogP contribution in [0.2, 0.25) is 0 Å². The lowest BCUT2D eigenvalue weighted by molar-refractivity contribution is 0.273. The number of aryl methyl sites for hydroxylation is 1. The molecule has 0 N–H and O–H groups in total. The summed E-state index contributed by atoms with van der Waals surface area (Å²) in [5, 5.41) is 0. The van der Waals surface area contributed by atoms with E-state index in [-0.39, 0.29) is 0 Å². The van der Waals surface area contributed by atoms with Crippen LogP contribution in [0, 0.1) is 17.8 Å². The summed E-state index contributed by atoms with van der Waals surface area (Å²) < 4.78 is 6.01. The van der Waals surface area contributed by atoms with Gasteiger partial charge in [0.2, 0.25) is 0 Å². The molecular formula is C31H48O. The zero-order valence-electron chi connectivity index (χ0n) is 21.0. The highest BCUT2D eigenvalue weighted by atomic mass is 16.5. The summed E-state index contributed by atoms with van der Waals surface area (Å²) >= 11 is 0. The molecule has 0 heterocycles. The number of benzene rings is 1. The molecule has 1 aromatic carbocycles. The maximum Gasteiger partial charge on any atom is 0.122 e. The van der Waals surface area contributed by atoms with Gasteiger partial charge >= 0.3 is 0 Å². The number of ether oxygens (including phenoxy) is 1. The van der Waals surface area contributed by atoms with Gasteiger partial charge in [-0.1, -0.05) is 69.4 Å². The molecule has 2 saturated carbocycles. The summed E-state index contributed by atoms with van der Waals surface area (Å²) in [6, 6.07) is 7.04. The average molecular weight is 437 g/mol. The van der Waals surface area contributed by atoms with Crippen molar-refractivity contribution in [3.8, 4) is 5.75 Å². The Morgan fingerprint density at radius 2 is 1.59 bits per heavy atom.